The molecule has 0 saturated heterocycles. The molecule has 0 aliphatic rings. The van der Waals surface area contributed by atoms with Crippen molar-refractivity contribution >= 4 is 24.2 Å². The van der Waals surface area contributed by atoms with Crippen LogP contribution >= 0.6 is 12.4 Å². The summed E-state index contributed by atoms with van der Waals surface area (Å²) >= 11 is 0. The lowest BCUT2D eigenvalue weighted by molar-refractivity contribution is -0.127. The molecular formula is C17H25ClN6O2. The number of benzene rings is 1. The highest BCUT2D eigenvalue weighted by Gasteiger charge is 2.18. The van der Waals surface area contributed by atoms with Crippen molar-refractivity contribution in [2.45, 2.75) is 32.9 Å². The van der Waals surface area contributed by atoms with Crippen molar-refractivity contribution in [3.63, 3.8) is 0 Å². The zero-order valence-electron chi connectivity index (χ0n) is 15.0. The Morgan fingerprint density at radius 2 is 1.85 bits per heavy atom. The normalized spacial score (nSPS) is 12.8. The molecule has 142 valence electrons. The molecule has 0 radical (unpaired) electrons. The minimum Gasteiger partial charge on any atom is -0.348 e. The maximum atomic E-state index is 12.0. The molecule has 0 spiro atoms. The van der Waals surface area contributed by atoms with Crippen molar-refractivity contribution in [2.24, 2.45) is 11.7 Å². The predicted octanol–water partition coefficient (Wildman–Crippen LogP) is 0.966. The van der Waals surface area contributed by atoms with Crippen LogP contribution < -0.4 is 16.4 Å². The molecule has 0 saturated carbocycles. The van der Waals surface area contributed by atoms with Gasteiger partial charge in [-0.3, -0.25) is 9.59 Å². The number of hydrogen-bond donors (Lipinski definition) is 3. The van der Waals surface area contributed by atoms with E-state index < -0.39 is 6.04 Å². The number of carbonyl (C=O) groups is 2. The first-order valence-electron chi connectivity index (χ1n) is 8.16. The van der Waals surface area contributed by atoms with Gasteiger partial charge in [0.05, 0.1) is 24.3 Å². The Labute approximate surface area is 159 Å². The van der Waals surface area contributed by atoms with Gasteiger partial charge in [-0.2, -0.15) is 5.10 Å². The number of hydrogen-bond acceptors (Lipinski definition) is 5. The minimum atomic E-state index is -0.616. The molecule has 1 unspecified atom stereocenters. The predicted molar refractivity (Wildman–Crippen MR) is 101 cm³/mol. The highest BCUT2D eigenvalue weighted by atomic mass is 35.5. The lowest BCUT2D eigenvalue weighted by Crippen LogP contribution is -2.47. The maximum absolute atomic E-state index is 12.0. The molecule has 1 aromatic heterocycles. The summed E-state index contributed by atoms with van der Waals surface area (Å²) in [5.74, 6) is -0.572. The summed E-state index contributed by atoms with van der Waals surface area (Å²) in [7, 11) is 0. The summed E-state index contributed by atoms with van der Waals surface area (Å²) in [5, 5.41) is 9.46. The SMILES string of the molecule is CC(NC(=O)CNC(=O)[C@@H](N)C(C)C)c1ccc(-n2cncn2)cc1.Cl. The second-order valence-corrected chi connectivity index (χ2v) is 6.21. The van der Waals surface area contributed by atoms with Gasteiger partial charge >= 0.3 is 0 Å². The molecule has 9 heteroatoms. The van der Waals surface area contributed by atoms with E-state index in [0.29, 0.717) is 0 Å². The standard InChI is InChI=1S/C17H24N6O2.ClH/c1-11(2)16(18)17(25)20-8-15(24)22-12(3)13-4-6-14(7-5-13)23-10-19-9-21-23;/h4-7,9-12,16H,8,18H2,1-3H3,(H,20,25)(H,22,24);1H/t12?,16-;/m0./s1. The van der Waals surface area contributed by atoms with Crippen molar-refractivity contribution in [1.82, 2.24) is 25.4 Å². The Kier molecular flexibility index (Phi) is 8.21. The van der Waals surface area contributed by atoms with Crippen LogP contribution in [0.3, 0.4) is 0 Å². The summed E-state index contributed by atoms with van der Waals surface area (Å²) in [6.45, 7) is 5.50. The summed E-state index contributed by atoms with van der Waals surface area (Å²) in [4.78, 5) is 27.7. The fourth-order valence-corrected chi connectivity index (χ4v) is 2.22. The zero-order valence-corrected chi connectivity index (χ0v) is 15.9. The Morgan fingerprint density at radius 1 is 1.19 bits per heavy atom. The van der Waals surface area contributed by atoms with Crippen LogP contribution in [0.5, 0.6) is 0 Å². The third-order valence-corrected chi connectivity index (χ3v) is 3.90. The van der Waals surface area contributed by atoms with Gasteiger partial charge in [0.15, 0.2) is 0 Å². The van der Waals surface area contributed by atoms with Crippen LogP contribution in [-0.4, -0.2) is 39.2 Å². The summed E-state index contributed by atoms with van der Waals surface area (Å²) in [5.41, 5.74) is 7.57. The van der Waals surface area contributed by atoms with Crippen LogP contribution in [0.4, 0.5) is 0 Å². The van der Waals surface area contributed by atoms with Crippen molar-refractivity contribution < 1.29 is 9.59 Å². The number of rotatable bonds is 7. The van der Waals surface area contributed by atoms with E-state index >= 15 is 0 Å². The molecule has 0 bridgehead atoms. The monoisotopic (exact) mass is 380 g/mol. The smallest absolute Gasteiger partial charge is 0.239 e. The quantitative estimate of drug-likeness (QED) is 0.662. The summed E-state index contributed by atoms with van der Waals surface area (Å²) < 4.78 is 1.65. The molecule has 2 rings (SSSR count). The molecule has 0 fully saturated rings. The van der Waals surface area contributed by atoms with Gasteiger partial charge < -0.3 is 16.4 Å². The van der Waals surface area contributed by atoms with E-state index in [1.807, 2.05) is 45.0 Å². The first-order chi connectivity index (χ1) is 11.9. The third kappa shape index (κ3) is 5.82. The Bertz CT molecular complexity index is 703. The molecule has 2 atom stereocenters. The largest absolute Gasteiger partial charge is 0.348 e. The van der Waals surface area contributed by atoms with Crippen LogP contribution in [0.1, 0.15) is 32.4 Å². The number of amides is 2. The van der Waals surface area contributed by atoms with Crippen LogP contribution in [-0.2, 0) is 9.59 Å². The first-order valence-corrected chi connectivity index (χ1v) is 8.16. The first kappa shape index (κ1) is 21.6. The number of aromatic nitrogens is 3. The second kappa shape index (κ2) is 9.88. The van der Waals surface area contributed by atoms with Crippen LogP contribution in [0.25, 0.3) is 5.69 Å². The van der Waals surface area contributed by atoms with Crippen LogP contribution in [0.2, 0.25) is 0 Å². The molecule has 2 amide bonds. The van der Waals surface area contributed by atoms with E-state index in [1.165, 1.54) is 6.33 Å². The second-order valence-electron chi connectivity index (χ2n) is 6.21. The minimum absolute atomic E-state index is 0. The lowest BCUT2D eigenvalue weighted by atomic mass is 10.1. The van der Waals surface area contributed by atoms with Crippen LogP contribution in [0, 0.1) is 5.92 Å². The van der Waals surface area contributed by atoms with Crippen molar-refractivity contribution in [1.29, 1.82) is 0 Å². The average Bonchev–Trinajstić information content (AvgIpc) is 3.13. The highest BCUT2D eigenvalue weighted by molar-refractivity contribution is 5.87. The van der Waals surface area contributed by atoms with Gasteiger partial charge in [0.1, 0.15) is 12.7 Å². The highest BCUT2D eigenvalue weighted by Crippen LogP contribution is 2.14. The topological polar surface area (TPSA) is 115 Å². The van der Waals surface area contributed by atoms with Crippen molar-refractivity contribution in [3.8, 4) is 5.69 Å². The Balaban J connectivity index is 0.00000338. The van der Waals surface area contributed by atoms with E-state index in [0.717, 1.165) is 11.3 Å². The molecular weight excluding hydrogens is 356 g/mol. The molecule has 1 aromatic carbocycles. The van der Waals surface area contributed by atoms with Crippen molar-refractivity contribution in [3.05, 3.63) is 42.5 Å². The molecule has 8 nitrogen and oxygen atoms in total. The van der Waals surface area contributed by atoms with E-state index in [2.05, 4.69) is 20.7 Å². The Hall–Kier alpha value is -2.45. The fraction of sp³-hybridized carbons (Fsp3) is 0.412. The van der Waals surface area contributed by atoms with E-state index in [-0.39, 0.29) is 42.7 Å². The number of halogens is 1. The van der Waals surface area contributed by atoms with E-state index in [4.69, 9.17) is 5.73 Å². The average molecular weight is 381 g/mol. The molecule has 2 aromatic rings. The molecule has 1 heterocycles. The van der Waals surface area contributed by atoms with Gasteiger partial charge in [0, 0.05) is 0 Å². The molecule has 0 aliphatic heterocycles. The number of nitrogens with two attached hydrogens (primary N) is 1. The van der Waals surface area contributed by atoms with Crippen molar-refractivity contribution in [2.75, 3.05) is 6.54 Å². The lowest BCUT2D eigenvalue weighted by Gasteiger charge is -2.17. The van der Waals surface area contributed by atoms with Gasteiger partial charge in [-0.05, 0) is 30.5 Å². The van der Waals surface area contributed by atoms with E-state index in [1.54, 1.807) is 11.0 Å². The van der Waals surface area contributed by atoms with Crippen LogP contribution in [0.15, 0.2) is 36.9 Å². The molecule has 0 aliphatic carbocycles. The van der Waals surface area contributed by atoms with Gasteiger partial charge in [0.2, 0.25) is 11.8 Å². The van der Waals surface area contributed by atoms with Gasteiger partial charge in [0.25, 0.3) is 0 Å². The Morgan fingerprint density at radius 3 is 2.38 bits per heavy atom. The van der Waals surface area contributed by atoms with Gasteiger partial charge in [-0.15, -0.1) is 12.4 Å². The fourth-order valence-electron chi connectivity index (χ4n) is 2.22. The number of nitrogens with zero attached hydrogens (tertiary/aromatic N) is 3. The van der Waals surface area contributed by atoms with Gasteiger partial charge in [-0.25, -0.2) is 9.67 Å². The zero-order chi connectivity index (χ0) is 18.4. The van der Waals surface area contributed by atoms with E-state index in [9.17, 15) is 9.59 Å². The summed E-state index contributed by atoms with van der Waals surface area (Å²) in [6.07, 6.45) is 3.08. The summed E-state index contributed by atoms with van der Waals surface area (Å²) in [6, 6.07) is 6.82. The molecule has 4 N–H and O–H groups in total. The number of nitrogens with one attached hydrogen (secondary N) is 2. The molecule has 26 heavy (non-hydrogen) atoms. The third-order valence-electron chi connectivity index (χ3n) is 3.90. The van der Waals surface area contributed by atoms with Gasteiger partial charge in [-0.1, -0.05) is 26.0 Å². The maximum Gasteiger partial charge on any atom is 0.239 e. The number of carbonyl (C=O) groups excluding carboxylic acids is 2.